The van der Waals surface area contributed by atoms with E-state index in [1.54, 1.807) is 0 Å². The van der Waals surface area contributed by atoms with Crippen LogP contribution >= 0.6 is 0 Å². The van der Waals surface area contributed by atoms with Gasteiger partial charge in [-0.3, -0.25) is 0 Å². The first-order valence-electron chi connectivity index (χ1n) is 6.19. The summed E-state index contributed by atoms with van der Waals surface area (Å²) in [4.78, 5) is 0. The molecule has 1 aromatic carbocycles. The van der Waals surface area contributed by atoms with E-state index in [-0.39, 0.29) is 5.41 Å². The molecule has 16 heavy (non-hydrogen) atoms. The Kier molecular flexibility index (Phi) is 3.04. The molecule has 0 fully saturated rings. The molecule has 0 spiro atoms. The molecule has 1 heteroatoms. The van der Waals surface area contributed by atoms with Crippen molar-refractivity contribution >= 4 is 5.69 Å². The Labute approximate surface area is 98.6 Å². The lowest BCUT2D eigenvalue weighted by Crippen LogP contribution is -2.35. The van der Waals surface area contributed by atoms with Gasteiger partial charge in [0.15, 0.2) is 0 Å². The van der Waals surface area contributed by atoms with E-state index < -0.39 is 0 Å². The van der Waals surface area contributed by atoms with Crippen molar-refractivity contribution in [3.05, 3.63) is 42.5 Å². The van der Waals surface area contributed by atoms with Crippen LogP contribution in [0, 0.1) is 0 Å². The molecule has 2 rings (SSSR count). The van der Waals surface area contributed by atoms with Gasteiger partial charge in [0.1, 0.15) is 0 Å². The van der Waals surface area contributed by atoms with Gasteiger partial charge in [0.25, 0.3) is 0 Å². The number of hydrogen-bond donors (Lipinski definition) is 1. The third kappa shape index (κ3) is 1.64. The maximum atomic E-state index is 3.87. The molecule has 1 nitrogen and oxygen atoms in total. The summed E-state index contributed by atoms with van der Waals surface area (Å²) in [5, 5.41) is 3.64. The van der Waals surface area contributed by atoms with Crippen LogP contribution < -0.4 is 5.32 Å². The molecular weight excluding hydrogens is 194 g/mol. The molecule has 0 saturated carbocycles. The van der Waals surface area contributed by atoms with Gasteiger partial charge in [-0.05, 0) is 24.5 Å². The van der Waals surface area contributed by atoms with Gasteiger partial charge < -0.3 is 5.32 Å². The smallest absolute Gasteiger partial charge is 0.0390 e. The van der Waals surface area contributed by atoms with E-state index in [2.05, 4.69) is 50.0 Å². The van der Waals surface area contributed by atoms with E-state index in [1.807, 2.05) is 6.08 Å². The van der Waals surface area contributed by atoms with Crippen LogP contribution in [0.25, 0.3) is 0 Å². The highest BCUT2D eigenvalue weighted by Crippen LogP contribution is 2.45. The normalized spacial score (nSPS) is 27.2. The van der Waals surface area contributed by atoms with Crippen molar-refractivity contribution < 1.29 is 0 Å². The van der Waals surface area contributed by atoms with Crippen LogP contribution in [0.2, 0.25) is 0 Å². The van der Waals surface area contributed by atoms with Crippen molar-refractivity contribution in [1.29, 1.82) is 0 Å². The van der Waals surface area contributed by atoms with Crippen LogP contribution in [0.5, 0.6) is 0 Å². The third-order valence-electron chi connectivity index (χ3n) is 3.81. The molecule has 0 amide bonds. The fourth-order valence-electron chi connectivity index (χ4n) is 2.96. The summed E-state index contributed by atoms with van der Waals surface area (Å²) in [7, 11) is 0. The average molecular weight is 215 g/mol. The van der Waals surface area contributed by atoms with E-state index in [0.717, 1.165) is 6.42 Å². The quantitative estimate of drug-likeness (QED) is 0.745. The number of hydrogen-bond acceptors (Lipinski definition) is 1. The number of anilines is 1. The number of para-hydroxylation sites is 1. The highest BCUT2D eigenvalue weighted by Gasteiger charge is 2.41. The number of fused-ring (bicyclic) bond motifs is 1. The standard InChI is InChI=1S/C15H21N/c1-4-8-14-15(3,11-5-2)12-9-6-7-10-13(12)16-14/h4,6-7,9-10,14,16H,1,5,8,11H2,2-3H3. The fraction of sp³-hybridized carbons (Fsp3) is 0.467. The topological polar surface area (TPSA) is 12.0 Å². The minimum atomic E-state index is 0.263. The zero-order chi connectivity index (χ0) is 11.6. The molecule has 0 aromatic heterocycles. The van der Waals surface area contributed by atoms with Crippen LogP contribution in [0.4, 0.5) is 5.69 Å². The summed E-state index contributed by atoms with van der Waals surface area (Å²) in [6.07, 6.45) is 5.51. The lowest BCUT2D eigenvalue weighted by Gasteiger charge is -2.31. The summed E-state index contributed by atoms with van der Waals surface area (Å²) >= 11 is 0. The van der Waals surface area contributed by atoms with Crippen molar-refractivity contribution in [3.63, 3.8) is 0 Å². The second-order valence-electron chi connectivity index (χ2n) is 4.93. The highest BCUT2D eigenvalue weighted by molar-refractivity contribution is 5.61. The Hall–Kier alpha value is -1.24. The molecule has 1 aliphatic heterocycles. The van der Waals surface area contributed by atoms with Gasteiger partial charge in [-0.2, -0.15) is 0 Å². The van der Waals surface area contributed by atoms with Gasteiger partial charge in [0, 0.05) is 17.1 Å². The van der Waals surface area contributed by atoms with Crippen molar-refractivity contribution in [1.82, 2.24) is 0 Å². The van der Waals surface area contributed by atoms with Crippen LogP contribution in [0.3, 0.4) is 0 Å². The van der Waals surface area contributed by atoms with E-state index in [0.29, 0.717) is 6.04 Å². The minimum absolute atomic E-state index is 0.263. The maximum absolute atomic E-state index is 3.87. The second kappa shape index (κ2) is 4.32. The number of rotatable bonds is 4. The Morgan fingerprint density at radius 1 is 1.44 bits per heavy atom. The first-order valence-corrected chi connectivity index (χ1v) is 6.19. The van der Waals surface area contributed by atoms with Crippen LogP contribution in [0.1, 0.15) is 38.7 Å². The molecule has 86 valence electrons. The van der Waals surface area contributed by atoms with Gasteiger partial charge in [-0.15, -0.1) is 6.58 Å². The fourth-order valence-corrected chi connectivity index (χ4v) is 2.96. The zero-order valence-electron chi connectivity index (χ0n) is 10.3. The van der Waals surface area contributed by atoms with Crippen LogP contribution in [0.15, 0.2) is 36.9 Å². The third-order valence-corrected chi connectivity index (χ3v) is 3.81. The molecule has 2 atom stereocenters. The predicted octanol–water partition coefficient (Wildman–Crippen LogP) is 4.11. The summed E-state index contributed by atoms with van der Waals surface area (Å²) < 4.78 is 0. The molecule has 0 saturated heterocycles. The second-order valence-corrected chi connectivity index (χ2v) is 4.93. The average Bonchev–Trinajstić information content (AvgIpc) is 2.55. The van der Waals surface area contributed by atoms with Crippen molar-refractivity contribution in [2.24, 2.45) is 0 Å². The highest BCUT2D eigenvalue weighted by atomic mass is 15.0. The lowest BCUT2D eigenvalue weighted by molar-refractivity contribution is 0.385. The summed E-state index contributed by atoms with van der Waals surface area (Å²) in [5.74, 6) is 0. The first-order chi connectivity index (χ1) is 7.72. The molecule has 1 aromatic rings. The van der Waals surface area contributed by atoms with E-state index in [4.69, 9.17) is 0 Å². The van der Waals surface area contributed by atoms with E-state index >= 15 is 0 Å². The summed E-state index contributed by atoms with van der Waals surface area (Å²) in [6, 6.07) is 9.20. The Bertz CT molecular complexity index is 383. The largest absolute Gasteiger partial charge is 0.381 e. The predicted molar refractivity (Wildman–Crippen MR) is 70.9 cm³/mol. The minimum Gasteiger partial charge on any atom is -0.381 e. The molecule has 1 heterocycles. The van der Waals surface area contributed by atoms with Crippen LogP contribution in [-0.2, 0) is 5.41 Å². The summed E-state index contributed by atoms with van der Waals surface area (Å²) in [6.45, 7) is 8.51. The number of nitrogens with one attached hydrogen (secondary N) is 1. The van der Waals surface area contributed by atoms with Gasteiger partial charge in [-0.25, -0.2) is 0 Å². The molecule has 1 N–H and O–H groups in total. The van der Waals surface area contributed by atoms with E-state index in [1.165, 1.54) is 24.1 Å². The van der Waals surface area contributed by atoms with Crippen LogP contribution in [-0.4, -0.2) is 6.04 Å². The van der Waals surface area contributed by atoms with Gasteiger partial charge >= 0.3 is 0 Å². The van der Waals surface area contributed by atoms with Gasteiger partial charge in [-0.1, -0.05) is 44.5 Å². The summed E-state index contributed by atoms with van der Waals surface area (Å²) in [5.41, 5.74) is 3.05. The van der Waals surface area contributed by atoms with Gasteiger partial charge in [0.05, 0.1) is 0 Å². The van der Waals surface area contributed by atoms with Gasteiger partial charge in [0.2, 0.25) is 0 Å². The van der Waals surface area contributed by atoms with Crippen molar-refractivity contribution in [2.45, 2.75) is 44.6 Å². The van der Waals surface area contributed by atoms with Crippen molar-refractivity contribution in [3.8, 4) is 0 Å². The molecule has 1 aliphatic rings. The first kappa shape index (κ1) is 11.3. The number of benzene rings is 1. The molecular formula is C15H21N. The Morgan fingerprint density at radius 3 is 2.88 bits per heavy atom. The van der Waals surface area contributed by atoms with Crippen molar-refractivity contribution in [2.75, 3.05) is 5.32 Å². The monoisotopic (exact) mass is 215 g/mol. The molecule has 0 aliphatic carbocycles. The lowest BCUT2D eigenvalue weighted by atomic mass is 9.74. The maximum Gasteiger partial charge on any atom is 0.0390 e. The molecule has 2 unspecified atom stereocenters. The molecule has 0 bridgehead atoms. The SMILES string of the molecule is C=CCC1Nc2ccccc2C1(C)CCC. The molecule has 0 radical (unpaired) electrons. The Morgan fingerprint density at radius 2 is 2.19 bits per heavy atom. The Balaban J connectivity index is 2.39. The zero-order valence-corrected chi connectivity index (χ0v) is 10.3. The van der Waals surface area contributed by atoms with E-state index in [9.17, 15) is 0 Å².